The number of piperidine rings is 1. The van der Waals surface area contributed by atoms with Crippen LogP contribution >= 0.6 is 0 Å². The first-order valence-electron chi connectivity index (χ1n) is 8.72. The van der Waals surface area contributed by atoms with Gasteiger partial charge in [0.1, 0.15) is 5.75 Å². The number of unbranched alkanes of at least 4 members (excludes halogenated alkanes) is 2. The Balaban J connectivity index is 1.61. The van der Waals surface area contributed by atoms with E-state index in [0.717, 1.165) is 24.4 Å². The standard InChI is InChI=1S/C18H30N4O/c1-23-17-11-5-4-10-16(17)21-18(19)20-12-6-2-7-13-22-14-8-3-9-15-22/h4-5,10-11H,2-3,6-9,12-15H2,1H3,(H3,19,20,21). The summed E-state index contributed by atoms with van der Waals surface area (Å²) in [6, 6.07) is 7.70. The molecule has 0 unspecified atom stereocenters. The first-order valence-corrected chi connectivity index (χ1v) is 8.72. The molecule has 1 aromatic carbocycles. The number of benzene rings is 1. The Hall–Kier alpha value is -1.75. The fourth-order valence-electron chi connectivity index (χ4n) is 2.93. The minimum absolute atomic E-state index is 0.450. The summed E-state index contributed by atoms with van der Waals surface area (Å²) in [6.07, 6.45) is 7.70. The Labute approximate surface area is 139 Å². The summed E-state index contributed by atoms with van der Waals surface area (Å²) in [6.45, 7) is 4.58. The number of nitrogens with one attached hydrogen (secondary N) is 1. The number of guanidine groups is 1. The molecule has 3 N–H and O–H groups in total. The number of para-hydroxylation sites is 2. The Morgan fingerprint density at radius 1 is 1.17 bits per heavy atom. The first-order chi connectivity index (χ1) is 11.3. The zero-order chi connectivity index (χ0) is 16.3. The molecule has 0 saturated carbocycles. The van der Waals surface area contributed by atoms with Crippen molar-refractivity contribution in [3.63, 3.8) is 0 Å². The second-order valence-corrected chi connectivity index (χ2v) is 6.06. The van der Waals surface area contributed by atoms with Crippen molar-refractivity contribution in [1.29, 1.82) is 0 Å². The van der Waals surface area contributed by atoms with E-state index in [0.29, 0.717) is 5.96 Å². The largest absolute Gasteiger partial charge is 0.495 e. The summed E-state index contributed by atoms with van der Waals surface area (Å²) in [4.78, 5) is 6.98. The highest BCUT2D eigenvalue weighted by Crippen LogP contribution is 2.22. The lowest BCUT2D eigenvalue weighted by atomic mass is 10.1. The molecule has 2 rings (SSSR count). The van der Waals surface area contributed by atoms with Crippen LogP contribution in [-0.4, -0.2) is 44.1 Å². The number of hydrogen-bond donors (Lipinski definition) is 2. The molecule has 5 nitrogen and oxygen atoms in total. The van der Waals surface area contributed by atoms with E-state index >= 15 is 0 Å². The third-order valence-corrected chi connectivity index (χ3v) is 4.23. The van der Waals surface area contributed by atoms with Gasteiger partial charge in [-0.2, -0.15) is 0 Å². The second kappa shape index (κ2) is 10.1. The van der Waals surface area contributed by atoms with Crippen LogP contribution in [-0.2, 0) is 0 Å². The lowest BCUT2D eigenvalue weighted by molar-refractivity contribution is 0.224. The van der Waals surface area contributed by atoms with E-state index in [1.165, 1.54) is 51.7 Å². The Bertz CT molecular complexity index is 484. The monoisotopic (exact) mass is 318 g/mol. The highest BCUT2D eigenvalue weighted by molar-refractivity contribution is 5.93. The summed E-state index contributed by atoms with van der Waals surface area (Å²) in [5.74, 6) is 1.22. The minimum Gasteiger partial charge on any atom is -0.495 e. The molecule has 128 valence electrons. The average Bonchev–Trinajstić information content (AvgIpc) is 2.59. The molecule has 0 radical (unpaired) electrons. The van der Waals surface area contributed by atoms with Gasteiger partial charge in [-0.15, -0.1) is 0 Å². The zero-order valence-electron chi connectivity index (χ0n) is 14.3. The number of likely N-dealkylation sites (tertiary alicyclic amines) is 1. The molecule has 5 heteroatoms. The summed E-state index contributed by atoms with van der Waals surface area (Å²) in [5, 5.41) is 3.10. The molecule has 1 saturated heterocycles. The molecule has 0 amide bonds. The maximum Gasteiger partial charge on any atom is 0.193 e. The molecular formula is C18H30N4O. The maximum atomic E-state index is 5.94. The van der Waals surface area contributed by atoms with E-state index < -0.39 is 0 Å². The van der Waals surface area contributed by atoms with Crippen LogP contribution in [0.25, 0.3) is 0 Å². The van der Waals surface area contributed by atoms with Gasteiger partial charge in [-0.05, 0) is 57.5 Å². The molecule has 0 atom stereocenters. The Morgan fingerprint density at radius 2 is 1.96 bits per heavy atom. The van der Waals surface area contributed by atoms with E-state index in [2.05, 4.69) is 15.2 Å². The molecule has 0 aliphatic carbocycles. The van der Waals surface area contributed by atoms with Gasteiger partial charge in [-0.25, -0.2) is 0 Å². The predicted octanol–water partition coefficient (Wildman–Crippen LogP) is 3.08. The number of nitrogens with zero attached hydrogens (tertiary/aromatic N) is 2. The predicted molar refractivity (Wildman–Crippen MR) is 97.2 cm³/mol. The van der Waals surface area contributed by atoms with E-state index in [1.807, 2.05) is 24.3 Å². The van der Waals surface area contributed by atoms with Crippen LogP contribution in [0.2, 0.25) is 0 Å². The number of aliphatic imine (C=N–C) groups is 1. The van der Waals surface area contributed by atoms with Gasteiger partial charge in [0.15, 0.2) is 5.96 Å². The SMILES string of the molecule is COc1ccccc1NC(N)=NCCCCCN1CCCCC1. The number of hydrogen-bond acceptors (Lipinski definition) is 3. The Kier molecular flexibility index (Phi) is 7.73. The van der Waals surface area contributed by atoms with E-state index in [4.69, 9.17) is 10.5 Å². The first kappa shape index (κ1) is 17.6. The summed E-state index contributed by atoms with van der Waals surface area (Å²) in [5.41, 5.74) is 6.78. The lowest BCUT2D eigenvalue weighted by Crippen LogP contribution is -2.30. The van der Waals surface area contributed by atoms with Crippen LogP contribution in [0.3, 0.4) is 0 Å². The van der Waals surface area contributed by atoms with Gasteiger partial charge in [0.25, 0.3) is 0 Å². The van der Waals surface area contributed by atoms with Crippen molar-refractivity contribution < 1.29 is 4.74 Å². The van der Waals surface area contributed by atoms with Gasteiger partial charge in [-0.3, -0.25) is 4.99 Å². The molecule has 1 fully saturated rings. The highest BCUT2D eigenvalue weighted by atomic mass is 16.5. The van der Waals surface area contributed by atoms with Gasteiger partial charge in [0.05, 0.1) is 12.8 Å². The van der Waals surface area contributed by atoms with Gasteiger partial charge in [-0.1, -0.05) is 25.0 Å². The van der Waals surface area contributed by atoms with Crippen molar-refractivity contribution in [2.75, 3.05) is 38.6 Å². The molecule has 1 heterocycles. The van der Waals surface area contributed by atoms with Crippen molar-refractivity contribution in [2.45, 2.75) is 38.5 Å². The quantitative estimate of drug-likeness (QED) is 0.439. The summed E-state index contributed by atoms with van der Waals surface area (Å²) >= 11 is 0. The van der Waals surface area contributed by atoms with Gasteiger partial charge < -0.3 is 20.7 Å². The molecular weight excluding hydrogens is 288 g/mol. The molecule has 1 aromatic rings. The van der Waals surface area contributed by atoms with E-state index in [9.17, 15) is 0 Å². The number of ether oxygens (including phenoxy) is 1. The van der Waals surface area contributed by atoms with Crippen molar-refractivity contribution in [3.05, 3.63) is 24.3 Å². The van der Waals surface area contributed by atoms with Crippen molar-refractivity contribution in [1.82, 2.24) is 4.90 Å². The van der Waals surface area contributed by atoms with Crippen LogP contribution in [0.15, 0.2) is 29.3 Å². The van der Waals surface area contributed by atoms with Crippen LogP contribution in [0.5, 0.6) is 5.75 Å². The van der Waals surface area contributed by atoms with Crippen LogP contribution < -0.4 is 15.8 Å². The Morgan fingerprint density at radius 3 is 2.74 bits per heavy atom. The normalized spacial score (nSPS) is 16.3. The van der Waals surface area contributed by atoms with Gasteiger partial charge in [0.2, 0.25) is 0 Å². The number of nitrogens with two attached hydrogens (primary N) is 1. The third kappa shape index (κ3) is 6.48. The number of anilines is 1. The zero-order valence-corrected chi connectivity index (χ0v) is 14.3. The topological polar surface area (TPSA) is 62.9 Å². The number of rotatable bonds is 8. The molecule has 0 aromatic heterocycles. The van der Waals surface area contributed by atoms with Crippen molar-refractivity contribution >= 4 is 11.6 Å². The van der Waals surface area contributed by atoms with Gasteiger partial charge in [0, 0.05) is 6.54 Å². The average molecular weight is 318 g/mol. The van der Waals surface area contributed by atoms with Gasteiger partial charge >= 0.3 is 0 Å². The molecule has 1 aliphatic heterocycles. The fourth-order valence-corrected chi connectivity index (χ4v) is 2.93. The minimum atomic E-state index is 0.450. The van der Waals surface area contributed by atoms with E-state index in [1.54, 1.807) is 7.11 Å². The van der Waals surface area contributed by atoms with E-state index in [-0.39, 0.29) is 0 Å². The van der Waals surface area contributed by atoms with Crippen molar-refractivity contribution in [3.8, 4) is 5.75 Å². The van der Waals surface area contributed by atoms with Crippen LogP contribution in [0, 0.1) is 0 Å². The second-order valence-electron chi connectivity index (χ2n) is 6.06. The van der Waals surface area contributed by atoms with Crippen LogP contribution in [0.4, 0.5) is 5.69 Å². The smallest absolute Gasteiger partial charge is 0.193 e. The molecule has 0 bridgehead atoms. The molecule has 0 spiro atoms. The highest BCUT2D eigenvalue weighted by Gasteiger charge is 2.08. The third-order valence-electron chi connectivity index (χ3n) is 4.23. The summed E-state index contributed by atoms with van der Waals surface area (Å²) < 4.78 is 5.28. The number of methoxy groups -OCH3 is 1. The fraction of sp³-hybridized carbons (Fsp3) is 0.611. The van der Waals surface area contributed by atoms with Crippen molar-refractivity contribution in [2.24, 2.45) is 10.7 Å². The molecule has 1 aliphatic rings. The lowest BCUT2D eigenvalue weighted by Gasteiger charge is -2.26. The molecule has 23 heavy (non-hydrogen) atoms. The summed E-state index contributed by atoms with van der Waals surface area (Å²) in [7, 11) is 1.65. The van der Waals surface area contributed by atoms with Crippen LogP contribution in [0.1, 0.15) is 38.5 Å². The maximum absolute atomic E-state index is 5.94.